The van der Waals surface area contributed by atoms with Gasteiger partial charge in [-0.05, 0) is 49.0 Å². The Balaban J connectivity index is 1.72. The predicted octanol–water partition coefficient (Wildman–Crippen LogP) is 3.82. The number of hydrogen-bond acceptors (Lipinski definition) is 4. The SMILES string of the molecule is CCN(CC)Cc1cccc(NC(=O)c2ccc3c(c2)NC(=O)CS3)c1. The summed E-state index contributed by atoms with van der Waals surface area (Å²) in [6, 6.07) is 13.3. The van der Waals surface area contributed by atoms with Crippen molar-refractivity contribution in [2.45, 2.75) is 25.3 Å². The molecule has 0 unspecified atom stereocenters. The molecule has 2 N–H and O–H groups in total. The Morgan fingerprint density at radius 1 is 1.19 bits per heavy atom. The highest BCUT2D eigenvalue weighted by Gasteiger charge is 2.17. The summed E-state index contributed by atoms with van der Waals surface area (Å²) in [5, 5.41) is 5.77. The fourth-order valence-electron chi connectivity index (χ4n) is 2.88. The highest BCUT2D eigenvalue weighted by Crippen LogP contribution is 2.32. The van der Waals surface area contributed by atoms with E-state index in [1.807, 2.05) is 24.3 Å². The van der Waals surface area contributed by atoms with Crippen molar-refractivity contribution >= 4 is 35.0 Å². The van der Waals surface area contributed by atoms with Crippen molar-refractivity contribution in [3.8, 4) is 0 Å². The molecule has 1 heterocycles. The molecule has 0 aromatic heterocycles. The van der Waals surface area contributed by atoms with E-state index < -0.39 is 0 Å². The normalized spacial score (nSPS) is 13.3. The summed E-state index contributed by atoms with van der Waals surface area (Å²) in [4.78, 5) is 27.4. The molecule has 0 saturated heterocycles. The minimum Gasteiger partial charge on any atom is -0.324 e. The number of carbonyl (C=O) groups is 2. The number of amides is 2. The zero-order valence-corrected chi connectivity index (χ0v) is 15.9. The molecule has 26 heavy (non-hydrogen) atoms. The highest BCUT2D eigenvalue weighted by atomic mass is 32.2. The van der Waals surface area contributed by atoms with Crippen molar-refractivity contribution in [2.24, 2.45) is 0 Å². The molecule has 2 aromatic carbocycles. The zero-order chi connectivity index (χ0) is 18.5. The van der Waals surface area contributed by atoms with Gasteiger partial charge in [-0.25, -0.2) is 0 Å². The molecular formula is C20H23N3O2S. The van der Waals surface area contributed by atoms with Gasteiger partial charge in [-0.3, -0.25) is 14.5 Å². The van der Waals surface area contributed by atoms with Crippen LogP contribution in [0.3, 0.4) is 0 Å². The molecule has 0 fully saturated rings. The van der Waals surface area contributed by atoms with Gasteiger partial charge in [0.05, 0.1) is 11.4 Å². The minimum atomic E-state index is -0.183. The number of nitrogens with zero attached hydrogens (tertiary/aromatic N) is 1. The van der Waals surface area contributed by atoms with Gasteiger partial charge < -0.3 is 10.6 Å². The summed E-state index contributed by atoms with van der Waals surface area (Å²) in [6.45, 7) is 7.13. The largest absolute Gasteiger partial charge is 0.324 e. The molecule has 2 amide bonds. The number of hydrogen-bond donors (Lipinski definition) is 2. The number of benzene rings is 2. The van der Waals surface area contributed by atoms with Crippen LogP contribution in [0.25, 0.3) is 0 Å². The van der Waals surface area contributed by atoms with Gasteiger partial charge in [0.1, 0.15) is 0 Å². The number of nitrogens with one attached hydrogen (secondary N) is 2. The summed E-state index contributed by atoms with van der Waals surface area (Å²) in [6.07, 6.45) is 0. The van der Waals surface area contributed by atoms with E-state index in [4.69, 9.17) is 0 Å². The van der Waals surface area contributed by atoms with Gasteiger partial charge >= 0.3 is 0 Å². The van der Waals surface area contributed by atoms with Gasteiger partial charge in [0.25, 0.3) is 5.91 Å². The average Bonchev–Trinajstić information content (AvgIpc) is 2.65. The molecule has 6 heteroatoms. The van der Waals surface area contributed by atoms with Gasteiger partial charge in [-0.15, -0.1) is 11.8 Å². The predicted molar refractivity (Wildman–Crippen MR) is 107 cm³/mol. The van der Waals surface area contributed by atoms with E-state index in [9.17, 15) is 9.59 Å². The lowest BCUT2D eigenvalue weighted by molar-refractivity contribution is -0.113. The summed E-state index contributed by atoms with van der Waals surface area (Å²) >= 11 is 1.48. The van der Waals surface area contributed by atoms with Crippen LogP contribution < -0.4 is 10.6 Å². The average molecular weight is 369 g/mol. The van der Waals surface area contributed by atoms with E-state index in [-0.39, 0.29) is 11.8 Å². The first-order valence-corrected chi connectivity index (χ1v) is 9.77. The first-order chi connectivity index (χ1) is 12.6. The third-order valence-electron chi connectivity index (χ3n) is 4.36. The Kier molecular flexibility index (Phi) is 5.96. The van der Waals surface area contributed by atoms with Crippen molar-refractivity contribution in [3.63, 3.8) is 0 Å². The second-order valence-corrected chi connectivity index (χ2v) is 7.18. The quantitative estimate of drug-likeness (QED) is 0.812. The van der Waals surface area contributed by atoms with Crippen molar-refractivity contribution in [1.82, 2.24) is 4.90 Å². The maximum atomic E-state index is 12.6. The van der Waals surface area contributed by atoms with Crippen molar-refractivity contribution in [1.29, 1.82) is 0 Å². The molecule has 5 nitrogen and oxygen atoms in total. The third kappa shape index (κ3) is 4.45. The van der Waals surface area contributed by atoms with Crippen LogP contribution in [0.4, 0.5) is 11.4 Å². The van der Waals surface area contributed by atoms with Crippen LogP contribution in [-0.2, 0) is 11.3 Å². The molecule has 1 aliphatic rings. The third-order valence-corrected chi connectivity index (χ3v) is 5.43. The summed E-state index contributed by atoms with van der Waals surface area (Å²) in [5.74, 6) is 0.194. The number of anilines is 2. The molecule has 0 radical (unpaired) electrons. The lowest BCUT2D eigenvalue weighted by atomic mass is 10.1. The Morgan fingerprint density at radius 3 is 2.77 bits per heavy atom. The van der Waals surface area contributed by atoms with Crippen LogP contribution in [0.2, 0.25) is 0 Å². The van der Waals surface area contributed by atoms with Gasteiger partial charge in [-0.1, -0.05) is 26.0 Å². The summed E-state index contributed by atoms with van der Waals surface area (Å²) in [5.41, 5.74) is 3.17. The van der Waals surface area contributed by atoms with Crippen LogP contribution in [0.15, 0.2) is 47.4 Å². The van der Waals surface area contributed by atoms with Crippen molar-refractivity contribution in [2.75, 3.05) is 29.5 Å². The number of fused-ring (bicyclic) bond motifs is 1. The topological polar surface area (TPSA) is 61.4 Å². The van der Waals surface area contributed by atoms with Gasteiger partial charge in [0, 0.05) is 22.7 Å². The molecule has 0 atom stereocenters. The maximum absolute atomic E-state index is 12.6. The molecule has 2 aromatic rings. The number of rotatable bonds is 6. The first-order valence-electron chi connectivity index (χ1n) is 8.78. The van der Waals surface area contributed by atoms with Crippen LogP contribution in [0, 0.1) is 0 Å². The van der Waals surface area contributed by atoms with Crippen LogP contribution in [0.1, 0.15) is 29.8 Å². The van der Waals surface area contributed by atoms with E-state index in [1.54, 1.807) is 12.1 Å². The lowest BCUT2D eigenvalue weighted by Gasteiger charge is -2.18. The number of thioether (sulfide) groups is 1. The van der Waals surface area contributed by atoms with Crippen LogP contribution >= 0.6 is 11.8 Å². The monoisotopic (exact) mass is 369 g/mol. The van der Waals surface area contributed by atoms with E-state index in [0.717, 1.165) is 30.2 Å². The Bertz CT molecular complexity index is 818. The van der Waals surface area contributed by atoms with Gasteiger partial charge in [0.15, 0.2) is 0 Å². The van der Waals surface area contributed by atoms with E-state index in [1.165, 1.54) is 17.3 Å². The van der Waals surface area contributed by atoms with Crippen molar-refractivity contribution < 1.29 is 9.59 Å². The molecule has 136 valence electrons. The minimum absolute atomic E-state index is 0.0378. The van der Waals surface area contributed by atoms with Gasteiger partial charge in [0.2, 0.25) is 5.91 Å². The van der Waals surface area contributed by atoms with E-state index in [2.05, 4.69) is 35.4 Å². The molecule has 0 aliphatic carbocycles. The Morgan fingerprint density at radius 2 is 2.00 bits per heavy atom. The van der Waals surface area contributed by atoms with E-state index >= 15 is 0 Å². The Labute approximate surface area is 158 Å². The molecule has 3 rings (SSSR count). The van der Waals surface area contributed by atoms with E-state index in [0.29, 0.717) is 17.0 Å². The smallest absolute Gasteiger partial charge is 0.255 e. The zero-order valence-electron chi connectivity index (χ0n) is 15.0. The fourth-order valence-corrected chi connectivity index (χ4v) is 3.67. The standard InChI is InChI=1S/C20H23N3O2S/c1-3-23(4-2)12-14-6-5-7-16(10-14)21-20(25)15-8-9-18-17(11-15)22-19(24)13-26-18/h5-11H,3-4,12-13H2,1-2H3,(H,21,25)(H,22,24). The van der Waals surface area contributed by atoms with Crippen LogP contribution in [0.5, 0.6) is 0 Å². The Hall–Kier alpha value is -2.31. The number of carbonyl (C=O) groups excluding carboxylic acids is 2. The summed E-state index contributed by atoms with van der Waals surface area (Å²) < 4.78 is 0. The van der Waals surface area contributed by atoms with Gasteiger partial charge in [-0.2, -0.15) is 0 Å². The molecule has 0 saturated carbocycles. The second-order valence-electron chi connectivity index (χ2n) is 6.16. The highest BCUT2D eigenvalue weighted by molar-refractivity contribution is 8.00. The van der Waals surface area contributed by atoms with Crippen LogP contribution in [-0.4, -0.2) is 35.6 Å². The van der Waals surface area contributed by atoms with Crippen molar-refractivity contribution in [3.05, 3.63) is 53.6 Å². The lowest BCUT2D eigenvalue weighted by Crippen LogP contribution is -2.22. The maximum Gasteiger partial charge on any atom is 0.255 e. The molecule has 0 bridgehead atoms. The summed E-state index contributed by atoms with van der Waals surface area (Å²) in [7, 11) is 0. The molecular weight excluding hydrogens is 346 g/mol. The fraction of sp³-hybridized carbons (Fsp3) is 0.300. The molecule has 1 aliphatic heterocycles. The first kappa shape index (κ1) is 18.5. The second kappa shape index (κ2) is 8.38. The molecule has 0 spiro atoms.